The van der Waals surface area contributed by atoms with Gasteiger partial charge in [0.05, 0.1) is 33.2 Å². The predicted molar refractivity (Wildman–Crippen MR) is 183 cm³/mol. The zero-order valence-corrected chi connectivity index (χ0v) is 29.3. The molecule has 0 aliphatic carbocycles. The number of allylic oxidation sites excluding steroid dienone is 2. The van der Waals surface area contributed by atoms with Crippen LogP contribution in [0.2, 0.25) is 0 Å². The van der Waals surface area contributed by atoms with Gasteiger partial charge in [-0.15, -0.1) is 0 Å². The Morgan fingerprint density at radius 2 is 1.02 bits per heavy atom. The molecular weight excluding hydrogens is 620 g/mol. The lowest BCUT2D eigenvalue weighted by molar-refractivity contribution is -0.126. The zero-order chi connectivity index (χ0) is 35.9. The molecule has 12 nitrogen and oxygen atoms in total. The van der Waals surface area contributed by atoms with Crippen LogP contribution < -0.4 is 29.6 Å². The van der Waals surface area contributed by atoms with E-state index in [1.165, 1.54) is 26.4 Å². The highest BCUT2D eigenvalue weighted by Gasteiger charge is 2.18. The van der Waals surface area contributed by atoms with E-state index in [-0.39, 0.29) is 37.9 Å². The minimum absolute atomic E-state index is 0.191. The maximum Gasteiger partial charge on any atom is 0.407 e. The van der Waals surface area contributed by atoms with E-state index in [1.807, 2.05) is 0 Å². The van der Waals surface area contributed by atoms with Crippen molar-refractivity contribution in [1.82, 2.24) is 10.6 Å². The van der Waals surface area contributed by atoms with Gasteiger partial charge in [0.1, 0.15) is 24.4 Å². The third kappa shape index (κ3) is 14.6. The van der Waals surface area contributed by atoms with Gasteiger partial charge in [-0.3, -0.25) is 9.59 Å². The third-order valence-electron chi connectivity index (χ3n) is 6.16. The quantitative estimate of drug-likeness (QED) is 0.124. The number of benzene rings is 2. The molecule has 0 aliphatic heterocycles. The fourth-order valence-corrected chi connectivity index (χ4v) is 3.86. The number of alkyl carbamates (subject to hydrolysis) is 2. The summed E-state index contributed by atoms with van der Waals surface area (Å²) >= 11 is 0. The number of hydrogen-bond donors (Lipinski definition) is 2. The maximum absolute atomic E-state index is 12.8. The highest BCUT2D eigenvalue weighted by atomic mass is 16.6. The van der Waals surface area contributed by atoms with Crippen LogP contribution in [-0.4, -0.2) is 75.5 Å². The van der Waals surface area contributed by atoms with E-state index in [0.29, 0.717) is 34.1 Å². The molecule has 262 valence electrons. The molecule has 0 saturated carbocycles. The molecule has 0 spiro atoms. The Morgan fingerprint density at radius 3 is 1.35 bits per heavy atom. The number of ether oxygens (including phenoxy) is 6. The fraction of sp³-hybridized carbons (Fsp3) is 0.444. The summed E-state index contributed by atoms with van der Waals surface area (Å²) in [6.45, 7) is 13.1. The number of carbonyl (C=O) groups excluding carboxylic acids is 4. The summed E-state index contributed by atoms with van der Waals surface area (Å²) in [4.78, 5) is 49.1. The van der Waals surface area contributed by atoms with Gasteiger partial charge in [-0.25, -0.2) is 9.59 Å². The molecule has 2 aromatic carbocycles. The Hall–Kier alpha value is -5.00. The molecule has 2 amide bonds. The van der Waals surface area contributed by atoms with E-state index in [1.54, 1.807) is 97.0 Å². The maximum atomic E-state index is 12.8. The molecule has 2 rings (SSSR count). The summed E-state index contributed by atoms with van der Waals surface area (Å²) in [6, 6.07) is 10.3. The molecule has 0 saturated heterocycles. The lowest BCUT2D eigenvalue weighted by Gasteiger charge is -2.19. The number of ketones is 2. The van der Waals surface area contributed by atoms with E-state index >= 15 is 0 Å². The summed E-state index contributed by atoms with van der Waals surface area (Å²) in [5.74, 6) is 0.189. The second-order valence-corrected chi connectivity index (χ2v) is 12.6. The first-order valence-corrected chi connectivity index (χ1v) is 15.5. The molecule has 0 aromatic heterocycles. The number of amides is 2. The molecule has 0 atom stereocenters. The molecule has 0 aliphatic rings. The van der Waals surface area contributed by atoms with Gasteiger partial charge in [0.2, 0.25) is 0 Å². The first-order valence-electron chi connectivity index (χ1n) is 15.5. The van der Waals surface area contributed by atoms with Crippen molar-refractivity contribution in [3.05, 3.63) is 59.7 Å². The Balaban J connectivity index is 1.90. The summed E-state index contributed by atoms with van der Waals surface area (Å²) in [6.07, 6.45) is 4.83. The predicted octanol–water partition coefficient (Wildman–Crippen LogP) is 6.01. The van der Waals surface area contributed by atoms with Crippen LogP contribution in [0, 0.1) is 5.92 Å². The highest BCUT2D eigenvalue weighted by Crippen LogP contribution is 2.29. The normalized spacial score (nSPS) is 11.7. The number of rotatable bonds is 16. The van der Waals surface area contributed by atoms with Gasteiger partial charge in [0.15, 0.2) is 34.6 Å². The van der Waals surface area contributed by atoms with E-state index in [4.69, 9.17) is 28.4 Å². The standard InChI is InChI=1S/C36H48N2O10/c1-24(27(39)14-10-25-12-16-29(31(22-25)43-8)45-20-18-37-33(41)47-35(2,3)4)28(40)15-11-26-13-17-30(32(23-26)44-9)46-21-19-38-34(42)48-36(5,6)7/h10-17,22-24H,18-21H2,1-9H3,(H,37,41)(H,38,42)/b14-10+,15-11+. The van der Waals surface area contributed by atoms with Gasteiger partial charge < -0.3 is 39.1 Å². The van der Waals surface area contributed by atoms with Crippen molar-refractivity contribution in [2.75, 3.05) is 40.5 Å². The second kappa shape index (κ2) is 18.4. The van der Waals surface area contributed by atoms with Crippen LogP contribution in [0.5, 0.6) is 23.0 Å². The summed E-state index contributed by atoms with van der Waals surface area (Å²) < 4.78 is 32.6. The van der Waals surface area contributed by atoms with Crippen LogP contribution in [0.4, 0.5) is 9.59 Å². The first kappa shape index (κ1) is 39.2. The van der Waals surface area contributed by atoms with Crippen molar-refractivity contribution in [3.63, 3.8) is 0 Å². The number of nitrogens with one attached hydrogen (secondary N) is 2. The lowest BCUT2D eigenvalue weighted by atomic mass is 9.99. The molecule has 0 fully saturated rings. The Labute approximate surface area is 282 Å². The summed E-state index contributed by atoms with van der Waals surface area (Å²) in [5.41, 5.74) is 0.159. The van der Waals surface area contributed by atoms with Crippen LogP contribution in [-0.2, 0) is 19.1 Å². The SMILES string of the molecule is COc1cc(/C=C/C(=O)C(C)C(=O)/C=C/c2ccc(OCCNC(=O)OC(C)(C)C)c(OC)c2)ccc1OCCNC(=O)OC(C)(C)C. The van der Waals surface area contributed by atoms with Gasteiger partial charge in [-0.05, 0) is 96.0 Å². The largest absolute Gasteiger partial charge is 0.493 e. The van der Waals surface area contributed by atoms with E-state index in [0.717, 1.165) is 0 Å². The van der Waals surface area contributed by atoms with Crippen molar-refractivity contribution in [2.24, 2.45) is 5.92 Å². The molecule has 0 unspecified atom stereocenters. The van der Waals surface area contributed by atoms with Crippen LogP contribution in [0.3, 0.4) is 0 Å². The van der Waals surface area contributed by atoms with Crippen molar-refractivity contribution in [3.8, 4) is 23.0 Å². The minimum Gasteiger partial charge on any atom is -0.493 e. The van der Waals surface area contributed by atoms with Crippen LogP contribution in [0.1, 0.15) is 59.6 Å². The van der Waals surface area contributed by atoms with E-state index in [9.17, 15) is 19.2 Å². The van der Waals surface area contributed by atoms with Crippen LogP contribution in [0.25, 0.3) is 12.2 Å². The monoisotopic (exact) mass is 668 g/mol. The van der Waals surface area contributed by atoms with Gasteiger partial charge in [0, 0.05) is 0 Å². The third-order valence-corrected chi connectivity index (χ3v) is 6.16. The van der Waals surface area contributed by atoms with Crippen molar-refractivity contribution < 1.29 is 47.6 Å². The molecule has 48 heavy (non-hydrogen) atoms. The van der Waals surface area contributed by atoms with E-state index < -0.39 is 29.3 Å². The zero-order valence-electron chi connectivity index (χ0n) is 29.3. The average Bonchev–Trinajstić information content (AvgIpc) is 3.01. The lowest BCUT2D eigenvalue weighted by Crippen LogP contribution is -2.34. The first-order chi connectivity index (χ1) is 22.5. The van der Waals surface area contributed by atoms with Crippen molar-refractivity contribution >= 4 is 35.9 Å². The van der Waals surface area contributed by atoms with Crippen molar-refractivity contribution in [1.29, 1.82) is 0 Å². The molecule has 12 heteroatoms. The van der Waals surface area contributed by atoms with Gasteiger partial charge in [-0.2, -0.15) is 0 Å². The average molecular weight is 669 g/mol. The minimum atomic E-state index is -0.901. The van der Waals surface area contributed by atoms with Crippen molar-refractivity contribution in [2.45, 2.75) is 59.7 Å². The van der Waals surface area contributed by atoms with E-state index in [2.05, 4.69) is 10.6 Å². The second-order valence-electron chi connectivity index (χ2n) is 12.6. The van der Waals surface area contributed by atoms with Crippen LogP contribution in [0.15, 0.2) is 48.6 Å². The Kier molecular flexibility index (Phi) is 15.0. The Bertz CT molecular complexity index is 1360. The molecule has 0 bridgehead atoms. The number of hydrogen-bond acceptors (Lipinski definition) is 10. The summed E-state index contributed by atoms with van der Waals surface area (Å²) in [7, 11) is 2.99. The Morgan fingerprint density at radius 1 is 0.646 bits per heavy atom. The number of carbonyl (C=O) groups is 4. The van der Waals surface area contributed by atoms with Gasteiger partial charge in [0.25, 0.3) is 0 Å². The van der Waals surface area contributed by atoms with Gasteiger partial charge >= 0.3 is 12.2 Å². The highest BCUT2D eigenvalue weighted by molar-refractivity contribution is 6.13. The smallest absolute Gasteiger partial charge is 0.407 e. The summed E-state index contributed by atoms with van der Waals surface area (Å²) in [5, 5.41) is 5.24. The van der Waals surface area contributed by atoms with Crippen LogP contribution >= 0.6 is 0 Å². The fourth-order valence-electron chi connectivity index (χ4n) is 3.86. The molecule has 2 aromatic rings. The molecule has 0 heterocycles. The molecule has 0 radical (unpaired) electrons. The topological polar surface area (TPSA) is 148 Å². The number of methoxy groups -OCH3 is 2. The molecule has 2 N–H and O–H groups in total. The van der Waals surface area contributed by atoms with Gasteiger partial charge in [-0.1, -0.05) is 24.3 Å². The molecular formula is C36H48N2O10.